The highest BCUT2D eigenvalue weighted by Crippen LogP contribution is 2.33. The third-order valence-corrected chi connectivity index (χ3v) is 6.17. The number of H-pyrrole nitrogens is 1. The van der Waals surface area contributed by atoms with Gasteiger partial charge in [0.15, 0.2) is 0 Å². The van der Waals surface area contributed by atoms with Crippen molar-refractivity contribution in [2.24, 2.45) is 0 Å². The van der Waals surface area contributed by atoms with Gasteiger partial charge in [-0.25, -0.2) is 4.98 Å². The van der Waals surface area contributed by atoms with Gasteiger partial charge in [-0.3, -0.25) is 9.69 Å². The average Bonchev–Trinajstić information content (AvgIpc) is 2.66. The molecule has 1 aromatic heterocycles. The fourth-order valence-corrected chi connectivity index (χ4v) is 4.73. The van der Waals surface area contributed by atoms with E-state index in [0.717, 1.165) is 36.5 Å². The number of aromatic nitrogens is 2. The van der Waals surface area contributed by atoms with Crippen LogP contribution in [0.4, 0.5) is 0 Å². The summed E-state index contributed by atoms with van der Waals surface area (Å²) in [7, 11) is 0. The van der Waals surface area contributed by atoms with Gasteiger partial charge in [-0.05, 0) is 31.4 Å². The number of hydrogen-bond acceptors (Lipinski definition) is 4. The SMILES string of the molecule is O=c1[nH]c(C2CCCCC2)nc2c1CCN(Cc1cc(Cl)cc(Cl)c1O)C2. The van der Waals surface area contributed by atoms with E-state index in [9.17, 15) is 9.90 Å². The van der Waals surface area contributed by atoms with Crippen LogP contribution in [0.3, 0.4) is 0 Å². The number of hydrogen-bond donors (Lipinski definition) is 2. The summed E-state index contributed by atoms with van der Waals surface area (Å²) in [4.78, 5) is 22.6. The quantitative estimate of drug-likeness (QED) is 0.791. The first-order valence-electron chi connectivity index (χ1n) is 9.52. The number of nitrogens with zero attached hydrogens (tertiary/aromatic N) is 2. The number of phenolic OH excluding ortho intramolecular Hbond substituents is 1. The first-order valence-corrected chi connectivity index (χ1v) is 10.3. The maximum atomic E-state index is 12.5. The van der Waals surface area contributed by atoms with Crippen molar-refractivity contribution in [3.8, 4) is 5.75 Å². The molecule has 1 aliphatic heterocycles. The van der Waals surface area contributed by atoms with E-state index < -0.39 is 0 Å². The number of fused-ring (bicyclic) bond motifs is 1. The van der Waals surface area contributed by atoms with Gasteiger partial charge in [-0.2, -0.15) is 0 Å². The second-order valence-electron chi connectivity index (χ2n) is 7.57. The maximum Gasteiger partial charge on any atom is 0.254 e. The summed E-state index contributed by atoms with van der Waals surface area (Å²) in [6.45, 7) is 1.82. The van der Waals surface area contributed by atoms with Crippen LogP contribution < -0.4 is 5.56 Å². The van der Waals surface area contributed by atoms with Gasteiger partial charge in [0, 0.05) is 41.7 Å². The second kappa shape index (κ2) is 7.82. The van der Waals surface area contributed by atoms with E-state index in [1.165, 1.54) is 25.3 Å². The Morgan fingerprint density at radius 3 is 2.78 bits per heavy atom. The van der Waals surface area contributed by atoms with E-state index in [1.54, 1.807) is 6.07 Å². The van der Waals surface area contributed by atoms with E-state index in [4.69, 9.17) is 28.2 Å². The molecule has 1 aliphatic carbocycles. The van der Waals surface area contributed by atoms with E-state index in [0.29, 0.717) is 36.0 Å². The third-order valence-electron chi connectivity index (χ3n) is 5.66. The molecule has 0 unspecified atom stereocenters. The smallest absolute Gasteiger partial charge is 0.254 e. The van der Waals surface area contributed by atoms with Gasteiger partial charge in [0.05, 0.1) is 10.7 Å². The van der Waals surface area contributed by atoms with Gasteiger partial charge in [-0.1, -0.05) is 42.5 Å². The molecular formula is C20H23Cl2N3O2. The molecule has 0 saturated heterocycles. The van der Waals surface area contributed by atoms with Crippen LogP contribution in [0.2, 0.25) is 10.0 Å². The van der Waals surface area contributed by atoms with Crippen molar-refractivity contribution in [3.05, 3.63) is 55.2 Å². The number of halogens is 2. The molecule has 1 aromatic carbocycles. The molecule has 1 saturated carbocycles. The molecule has 2 aliphatic rings. The summed E-state index contributed by atoms with van der Waals surface area (Å²) in [5, 5.41) is 11.0. The van der Waals surface area contributed by atoms with Crippen molar-refractivity contribution in [1.29, 1.82) is 0 Å². The molecule has 1 fully saturated rings. The van der Waals surface area contributed by atoms with Crippen molar-refractivity contribution >= 4 is 23.2 Å². The highest BCUT2D eigenvalue weighted by atomic mass is 35.5. The van der Waals surface area contributed by atoms with Crippen LogP contribution in [0.15, 0.2) is 16.9 Å². The van der Waals surface area contributed by atoms with Gasteiger partial charge >= 0.3 is 0 Å². The molecule has 144 valence electrons. The van der Waals surface area contributed by atoms with Crippen LogP contribution in [0, 0.1) is 0 Å². The Hall–Kier alpha value is -1.56. The summed E-state index contributed by atoms with van der Waals surface area (Å²) in [6.07, 6.45) is 6.52. The molecular weight excluding hydrogens is 385 g/mol. The van der Waals surface area contributed by atoms with Gasteiger partial charge in [0.25, 0.3) is 5.56 Å². The van der Waals surface area contributed by atoms with E-state index in [1.807, 2.05) is 0 Å². The highest BCUT2D eigenvalue weighted by molar-refractivity contribution is 6.35. The second-order valence-corrected chi connectivity index (χ2v) is 8.41. The Morgan fingerprint density at radius 2 is 2.00 bits per heavy atom. The summed E-state index contributed by atoms with van der Waals surface area (Å²) in [5.74, 6) is 1.27. The predicted molar refractivity (Wildman–Crippen MR) is 107 cm³/mol. The summed E-state index contributed by atoms with van der Waals surface area (Å²) in [6, 6.07) is 3.27. The Kier molecular flexibility index (Phi) is 5.44. The zero-order valence-electron chi connectivity index (χ0n) is 15.1. The molecule has 0 atom stereocenters. The number of nitrogens with one attached hydrogen (secondary N) is 1. The van der Waals surface area contributed by atoms with Crippen LogP contribution >= 0.6 is 23.2 Å². The van der Waals surface area contributed by atoms with E-state index >= 15 is 0 Å². The molecule has 0 spiro atoms. The number of rotatable bonds is 3. The number of aromatic hydroxyl groups is 1. The highest BCUT2D eigenvalue weighted by Gasteiger charge is 2.25. The van der Waals surface area contributed by atoms with Crippen molar-refractivity contribution in [1.82, 2.24) is 14.9 Å². The minimum atomic E-state index is 0.00821. The Morgan fingerprint density at radius 1 is 1.22 bits per heavy atom. The molecule has 7 heteroatoms. The molecule has 0 radical (unpaired) electrons. The van der Waals surface area contributed by atoms with Crippen molar-refractivity contribution in [3.63, 3.8) is 0 Å². The molecule has 4 rings (SSSR count). The maximum absolute atomic E-state index is 12.5. The van der Waals surface area contributed by atoms with Crippen LogP contribution in [-0.2, 0) is 19.5 Å². The van der Waals surface area contributed by atoms with Crippen LogP contribution in [0.5, 0.6) is 5.75 Å². The Bertz CT molecular complexity index is 907. The monoisotopic (exact) mass is 407 g/mol. The summed E-state index contributed by atoms with van der Waals surface area (Å²) < 4.78 is 0. The lowest BCUT2D eigenvalue weighted by Crippen LogP contribution is -2.35. The average molecular weight is 408 g/mol. The van der Waals surface area contributed by atoms with Crippen LogP contribution in [-0.4, -0.2) is 26.5 Å². The lowest BCUT2D eigenvalue weighted by Gasteiger charge is -2.29. The number of phenols is 1. The van der Waals surface area contributed by atoms with E-state index in [-0.39, 0.29) is 16.3 Å². The first-order chi connectivity index (χ1) is 13.0. The lowest BCUT2D eigenvalue weighted by atomic mass is 9.88. The van der Waals surface area contributed by atoms with Crippen molar-refractivity contribution in [2.75, 3.05) is 6.54 Å². The first kappa shape index (κ1) is 18.8. The van der Waals surface area contributed by atoms with Crippen LogP contribution in [0.25, 0.3) is 0 Å². The molecule has 27 heavy (non-hydrogen) atoms. The van der Waals surface area contributed by atoms with Gasteiger partial charge in [0.1, 0.15) is 11.6 Å². The molecule has 2 aromatic rings. The molecule has 2 heterocycles. The number of aromatic amines is 1. The van der Waals surface area contributed by atoms with Crippen molar-refractivity contribution < 1.29 is 5.11 Å². The zero-order valence-corrected chi connectivity index (χ0v) is 16.6. The van der Waals surface area contributed by atoms with Crippen molar-refractivity contribution in [2.45, 2.75) is 57.5 Å². The summed E-state index contributed by atoms with van der Waals surface area (Å²) in [5.41, 5.74) is 2.35. The fraction of sp³-hybridized carbons (Fsp3) is 0.500. The van der Waals surface area contributed by atoms with E-state index in [2.05, 4.69) is 9.88 Å². The Balaban J connectivity index is 1.57. The van der Waals surface area contributed by atoms with Gasteiger partial charge in [-0.15, -0.1) is 0 Å². The lowest BCUT2D eigenvalue weighted by molar-refractivity contribution is 0.236. The zero-order chi connectivity index (χ0) is 19.0. The van der Waals surface area contributed by atoms with Gasteiger partial charge < -0.3 is 10.1 Å². The minimum Gasteiger partial charge on any atom is -0.506 e. The third kappa shape index (κ3) is 4.00. The largest absolute Gasteiger partial charge is 0.506 e. The molecule has 0 bridgehead atoms. The fourth-order valence-electron chi connectivity index (χ4n) is 4.20. The molecule has 5 nitrogen and oxygen atoms in total. The molecule has 2 N–H and O–H groups in total. The Labute approximate surface area is 168 Å². The standard InChI is InChI=1S/C20H23Cl2N3O2/c21-14-8-13(18(26)16(22)9-14)10-25-7-6-15-17(11-25)23-19(24-20(15)27)12-4-2-1-3-5-12/h8-9,12,26H,1-7,10-11H2,(H,23,24,27). The molecule has 0 amide bonds. The summed E-state index contributed by atoms with van der Waals surface area (Å²) >= 11 is 12.1. The van der Waals surface area contributed by atoms with Gasteiger partial charge in [0.2, 0.25) is 0 Å². The number of benzene rings is 1. The van der Waals surface area contributed by atoms with Crippen LogP contribution in [0.1, 0.15) is 60.7 Å². The topological polar surface area (TPSA) is 69.2 Å². The minimum absolute atomic E-state index is 0.00821. The predicted octanol–water partition coefficient (Wildman–Crippen LogP) is 4.39. The normalized spacial score (nSPS) is 18.4.